The monoisotopic (exact) mass is 250 g/mol. The van der Waals surface area contributed by atoms with Crippen molar-refractivity contribution in [3.8, 4) is 0 Å². The van der Waals surface area contributed by atoms with Crippen LogP contribution >= 0.6 is 0 Å². The quantitative estimate of drug-likeness (QED) is 0.819. The summed E-state index contributed by atoms with van der Waals surface area (Å²) in [6.07, 6.45) is 4.43. The predicted octanol–water partition coefficient (Wildman–Crippen LogP) is 1.18. The molecule has 0 bridgehead atoms. The van der Waals surface area contributed by atoms with Crippen molar-refractivity contribution in [3.05, 3.63) is 32.6 Å². The number of rotatable bonds is 3. The van der Waals surface area contributed by atoms with Gasteiger partial charge in [0, 0.05) is 12.7 Å². The lowest BCUT2D eigenvalue weighted by Crippen LogP contribution is -2.39. The highest BCUT2D eigenvalue weighted by molar-refractivity contribution is 5.93. The molecule has 1 heterocycles. The molecule has 1 aliphatic carbocycles. The third-order valence-corrected chi connectivity index (χ3v) is 3.68. The number of carbonyl (C=O) groups is 1. The van der Waals surface area contributed by atoms with Crippen LogP contribution in [0.2, 0.25) is 0 Å². The minimum Gasteiger partial charge on any atom is -0.313 e. The number of H-pyrrole nitrogens is 1. The van der Waals surface area contributed by atoms with Gasteiger partial charge in [0.05, 0.1) is 5.56 Å². The maximum atomic E-state index is 12.0. The number of aromatic nitrogens is 2. The Hall–Kier alpha value is -1.65. The summed E-state index contributed by atoms with van der Waals surface area (Å²) >= 11 is 0. The van der Waals surface area contributed by atoms with E-state index in [1.165, 1.54) is 17.7 Å². The molecule has 0 radical (unpaired) electrons. The number of nitrogens with zero attached hydrogens (tertiary/aromatic N) is 1. The number of nitrogens with one attached hydrogen (secondary N) is 1. The molecule has 0 spiro atoms. The first-order chi connectivity index (χ1) is 8.49. The summed E-state index contributed by atoms with van der Waals surface area (Å²) < 4.78 is 1.17. The number of hydrogen-bond acceptors (Lipinski definition) is 3. The zero-order valence-corrected chi connectivity index (χ0v) is 10.7. The van der Waals surface area contributed by atoms with E-state index in [1.54, 1.807) is 0 Å². The molecule has 98 valence electrons. The van der Waals surface area contributed by atoms with Crippen LogP contribution in [0.3, 0.4) is 0 Å². The van der Waals surface area contributed by atoms with Crippen LogP contribution in [0.4, 0.5) is 0 Å². The fraction of sp³-hybridized carbons (Fsp3) is 0.615. The van der Waals surface area contributed by atoms with Gasteiger partial charge in [-0.05, 0) is 31.6 Å². The molecule has 1 aromatic rings. The molecule has 0 saturated heterocycles. The van der Waals surface area contributed by atoms with E-state index in [0.717, 1.165) is 19.3 Å². The lowest BCUT2D eigenvalue weighted by Gasteiger charge is -2.11. The fourth-order valence-corrected chi connectivity index (χ4v) is 2.68. The van der Waals surface area contributed by atoms with Gasteiger partial charge in [-0.2, -0.15) is 0 Å². The van der Waals surface area contributed by atoms with Crippen molar-refractivity contribution in [1.82, 2.24) is 9.55 Å². The topological polar surface area (TPSA) is 71.9 Å². The minimum atomic E-state index is -0.467. The number of aromatic amines is 1. The van der Waals surface area contributed by atoms with Crippen molar-refractivity contribution < 1.29 is 4.79 Å². The Balaban J connectivity index is 2.32. The van der Waals surface area contributed by atoms with E-state index in [-0.39, 0.29) is 11.3 Å². The average Bonchev–Trinajstić information content (AvgIpc) is 2.69. The summed E-state index contributed by atoms with van der Waals surface area (Å²) in [5, 5.41) is 0. The molecule has 0 amide bonds. The maximum absolute atomic E-state index is 12.0. The van der Waals surface area contributed by atoms with Crippen molar-refractivity contribution in [1.29, 1.82) is 0 Å². The first-order valence-corrected chi connectivity index (χ1v) is 6.32. The Morgan fingerprint density at radius 3 is 2.72 bits per heavy atom. The standard InChI is InChI=1S/C13H18N2O3/c1-8-3-4-10(5-8)7-15-12(17)11(9(2)16)6-14-13(15)18/h6,8,10H,3-5,7H2,1-2H3,(H,14,18). The van der Waals surface area contributed by atoms with Crippen LogP contribution in [0.15, 0.2) is 15.8 Å². The van der Waals surface area contributed by atoms with Crippen molar-refractivity contribution in [3.63, 3.8) is 0 Å². The van der Waals surface area contributed by atoms with Crippen molar-refractivity contribution >= 4 is 5.78 Å². The van der Waals surface area contributed by atoms with Crippen LogP contribution < -0.4 is 11.2 Å². The van der Waals surface area contributed by atoms with Gasteiger partial charge < -0.3 is 4.98 Å². The molecule has 0 aromatic carbocycles. The van der Waals surface area contributed by atoms with Gasteiger partial charge in [0.25, 0.3) is 5.56 Å². The minimum absolute atomic E-state index is 0.0562. The number of ketones is 1. The van der Waals surface area contributed by atoms with E-state index < -0.39 is 11.2 Å². The molecule has 2 rings (SSSR count). The summed E-state index contributed by atoms with van der Waals surface area (Å²) in [6, 6.07) is 0. The SMILES string of the molecule is CC(=O)c1c[nH]c(=O)n(CC2CCC(C)C2)c1=O. The molecule has 0 aliphatic heterocycles. The van der Waals surface area contributed by atoms with E-state index in [2.05, 4.69) is 11.9 Å². The van der Waals surface area contributed by atoms with Crippen molar-refractivity contribution in [2.45, 2.75) is 39.7 Å². The number of carbonyl (C=O) groups excluding carboxylic acids is 1. The third kappa shape index (κ3) is 2.44. The van der Waals surface area contributed by atoms with Gasteiger partial charge >= 0.3 is 5.69 Å². The van der Waals surface area contributed by atoms with Crippen LogP contribution in [0, 0.1) is 11.8 Å². The Kier molecular flexibility index (Phi) is 3.50. The summed E-state index contributed by atoms with van der Waals surface area (Å²) in [4.78, 5) is 37.4. The predicted molar refractivity (Wildman–Crippen MR) is 67.8 cm³/mol. The van der Waals surface area contributed by atoms with Crippen LogP contribution in [-0.2, 0) is 6.54 Å². The molecular formula is C13H18N2O3. The van der Waals surface area contributed by atoms with E-state index in [1.807, 2.05) is 0 Å². The summed E-state index contributed by atoms with van der Waals surface area (Å²) in [6.45, 7) is 3.93. The van der Waals surface area contributed by atoms with Crippen molar-refractivity contribution in [2.75, 3.05) is 0 Å². The second-order valence-corrected chi connectivity index (χ2v) is 5.26. The first-order valence-electron chi connectivity index (χ1n) is 6.32. The van der Waals surface area contributed by atoms with Gasteiger partial charge in [0.15, 0.2) is 5.78 Å². The lowest BCUT2D eigenvalue weighted by molar-refractivity contribution is 0.101. The van der Waals surface area contributed by atoms with Gasteiger partial charge in [-0.1, -0.05) is 13.3 Å². The van der Waals surface area contributed by atoms with E-state index in [0.29, 0.717) is 18.4 Å². The highest BCUT2D eigenvalue weighted by Gasteiger charge is 2.23. The second-order valence-electron chi connectivity index (χ2n) is 5.26. The third-order valence-electron chi connectivity index (χ3n) is 3.68. The molecule has 1 fully saturated rings. The van der Waals surface area contributed by atoms with Gasteiger partial charge in [0.1, 0.15) is 0 Å². The molecule has 1 saturated carbocycles. The molecule has 2 atom stereocenters. The molecule has 1 N–H and O–H groups in total. The van der Waals surface area contributed by atoms with Gasteiger partial charge in [0.2, 0.25) is 0 Å². The van der Waals surface area contributed by atoms with Gasteiger partial charge in [-0.3, -0.25) is 14.2 Å². The molecule has 5 nitrogen and oxygen atoms in total. The van der Waals surface area contributed by atoms with Gasteiger partial charge in [-0.15, -0.1) is 0 Å². The van der Waals surface area contributed by atoms with Crippen LogP contribution in [-0.4, -0.2) is 15.3 Å². The Morgan fingerprint density at radius 1 is 1.44 bits per heavy atom. The van der Waals surface area contributed by atoms with Gasteiger partial charge in [-0.25, -0.2) is 4.79 Å². The lowest BCUT2D eigenvalue weighted by atomic mass is 10.1. The maximum Gasteiger partial charge on any atom is 0.328 e. The summed E-state index contributed by atoms with van der Waals surface area (Å²) in [5.41, 5.74) is -0.837. The zero-order valence-electron chi connectivity index (χ0n) is 10.7. The van der Waals surface area contributed by atoms with Crippen LogP contribution in [0.1, 0.15) is 43.5 Å². The van der Waals surface area contributed by atoms with E-state index >= 15 is 0 Å². The largest absolute Gasteiger partial charge is 0.328 e. The molecule has 1 aromatic heterocycles. The first kappa shape index (κ1) is 12.8. The molecule has 1 aliphatic rings. The highest BCUT2D eigenvalue weighted by Crippen LogP contribution is 2.30. The van der Waals surface area contributed by atoms with E-state index in [9.17, 15) is 14.4 Å². The summed E-state index contributed by atoms with van der Waals surface area (Å²) in [7, 11) is 0. The Labute approximate surface area is 105 Å². The Bertz CT molecular complexity index is 570. The zero-order chi connectivity index (χ0) is 13.3. The van der Waals surface area contributed by atoms with E-state index in [4.69, 9.17) is 0 Å². The number of Topliss-reactive ketones (excluding diaryl/α,β-unsaturated/α-hetero) is 1. The molecule has 2 unspecified atom stereocenters. The molecule has 5 heteroatoms. The average molecular weight is 250 g/mol. The smallest absolute Gasteiger partial charge is 0.313 e. The molecular weight excluding hydrogens is 232 g/mol. The Morgan fingerprint density at radius 2 is 2.17 bits per heavy atom. The van der Waals surface area contributed by atoms with Crippen LogP contribution in [0.5, 0.6) is 0 Å². The highest BCUT2D eigenvalue weighted by atomic mass is 16.2. The molecule has 18 heavy (non-hydrogen) atoms. The fourth-order valence-electron chi connectivity index (χ4n) is 2.68. The normalized spacial score (nSPS) is 23.2. The number of hydrogen-bond donors (Lipinski definition) is 1. The second kappa shape index (κ2) is 4.92. The summed E-state index contributed by atoms with van der Waals surface area (Å²) in [5.74, 6) is 0.701. The van der Waals surface area contributed by atoms with Crippen LogP contribution in [0.25, 0.3) is 0 Å². The van der Waals surface area contributed by atoms with Crippen molar-refractivity contribution in [2.24, 2.45) is 11.8 Å².